The molecule has 0 saturated heterocycles. The van der Waals surface area contributed by atoms with Crippen LogP contribution in [0.15, 0.2) is 35.7 Å². The van der Waals surface area contributed by atoms with Gasteiger partial charge in [0.1, 0.15) is 23.6 Å². The molecule has 1 unspecified atom stereocenters. The number of aliphatic hydroxyl groups is 1. The summed E-state index contributed by atoms with van der Waals surface area (Å²) in [4.78, 5) is 12.8. The Morgan fingerprint density at radius 3 is 2.64 bits per heavy atom. The van der Waals surface area contributed by atoms with Gasteiger partial charge in [0.25, 0.3) is 0 Å². The van der Waals surface area contributed by atoms with Crippen LogP contribution in [0, 0.1) is 17.5 Å². The van der Waals surface area contributed by atoms with Gasteiger partial charge >= 0.3 is 0 Å². The second-order valence-corrected chi connectivity index (χ2v) is 5.81. The lowest BCUT2D eigenvalue weighted by Crippen LogP contribution is -2.44. The van der Waals surface area contributed by atoms with Gasteiger partial charge in [0.2, 0.25) is 0 Å². The van der Waals surface area contributed by atoms with E-state index in [1.54, 1.807) is 14.1 Å². The van der Waals surface area contributed by atoms with E-state index in [9.17, 15) is 18.3 Å². The molecule has 1 heterocycles. The molecule has 2 aromatic rings. The van der Waals surface area contributed by atoms with Crippen LogP contribution in [-0.2, 0) is 5.60 Å². The minimum absolute atomic E-state index is 0.0666. The van der Waals surface area contributed by atoms with E-state index in [4.69, 9.17) is 0 Å². The molecule has 1 N–H and O–H groups in total. The number of hydrogen-bond acceptors (Lipinski definition) is 4. The van der Waals surface area contributed by atoms with Crippen molar-refractivity contribution in [2.24, 2.45) is 4.99 Å². The van der Waals surface area contributed by atoms with Crippen LogP contribution < -0.4 is 0 Å². The molecule has 8 heteroatoms. The zero-order valence-corrected chi connectivity index (χ0v) is 14.1. The summed E-state index contributed by atoms with van der Waals surface area (Å²) in [5.74, 6) is -3.36. The van der Waals surface area contributed by atoms with Crippen molar-refractivity contribution in [3.05, 3.63) is 59.4 Å². The highest BCUT2D eigenvalue weighted by Crippen LogP contribution is 2.38. The number of nitrogens with zero attached hydrogens (tertiary/aromatic N) is 4. The van der Waals surface area contributed by atoms with Crippen LogP contribution in [0.2, 0.25) is 0 Å². The zero-order chi connectivity index (χ0) is 18.6. The Hall–Kier alpha value is -2.48. The van der Waals surface area contributed by atoms with E-state index in [0.717, 1.165) is 24.7 Å². The molecule has 5 nitrogen and oxygen atoms in total. The van der Waals surface area contributed by atoms with E-state index in [1.165, 1.54) is 18.2 Å². The molecule has 0 radical (unpaired) electrons. The van der Waals surface area contributed by atoms with Crippen LogP contribution in [0.3, 0.4) is 0 Å². The maximum Gasteiger partial charge on any atom is 0.163 e. The van der Waals surface area contributed by atoms with Crippen molar-refractivity contribution in [3.8, 4) is 0 Å². The Morgan fingerprint density at radius 2 is 2.04 bits per heavy atom. The van der Waals surface area contributed by atoms with E-state index in [0.29, 0.717) is 6.07 Å². The Balaban J connectivity index is 2.57. The van der Waals surface area contributed by atoms with Crippen LogP contribution >= 0.6 is 0 Å². The van der Waals surface area contributed by atoms with Gasteiger partial charge in [-0.2, -0.15) is 0 Å². The summed E-state index contributed by atoms with van der Waals surface area (Å²) >= 11 is 0. The first-order valence-corrected chi connectivity index (χ1v) is 7.55. The third-order valence-corrected chi connectivity index (χ3v) is 4.02. The summed E-state index contributed by atoms with van der Waals surface area (Å²) < 4.78 is 41.8. The van der Waals surface area contributed by atoms with E-state index in [2.05, 4.69) is 15.0 Å². The van der Waals surface area contributed by atoms with E-state index >= 15 is 0 Å². The van der Waals surface area contributed by atoms with Crippen LogP contribution in [-0.4, -0.2) is 47.0 Å². The van der Waals surface area contributed by atoms with Gasteiger partial charge in [-0.25, -0.2) is 23.1 Å². The summed E-state index contributed by atoms with van der Waals surface area (Å²) in [5, 5.41) is 11.3. The fourth-order valence-corrected chi connectivity index (χ4v) is 2.78. The maximum atomic E-state index is 14.4. The molecule has 0 aliphatic carbocycles. The largest absolute Gasteiger partial charge is 0.382 e. The predicted octanol–water partition coefficient (Wildman–Crippen LogP) is 2.48. The Labute approximate surface area is 143 Å². The van der Waals surface area contributed by atoms with Gasteiger partial charge < -0.3 is 10.0 Å². The van der Waals surface area contributed by atoms with Gasteiger partial charge in [-0.05, 0) is 6.07 Å². The fourth-order valence-electron chi connectivity index (χ4n) is 2.78. The number of aliphatic imine (C=N–C) groups is 1. The minimum atomic E-state index is -1.89. The average Bonchev–Trinajstić information content (AvgIpc) is 2.54. The normalized spacial score (nSPS) is 15.2. The number of hydrogen-bond donors (Lipinski definition) is 1. The van der Waals surface area contributed by atoms with E-state index in [1.807, 2.05) is 0 Å². The first-order valence-electron chi connectivity index (χ1n) is 7.55. The molecule has 134 valence electrons. The molecular weight excluding hydrogens is 333 g/mol. The third kappa shape index (κ3) is 3.96. The van der Waals surface area contributed by atoms with Crippen LogP contribution in [0.4, 0.5) is 13.2 Å². The second-order valence-electron chi connectivity index (χ2n) is 5.81. The van der Waals surface area contributed by atoms with Crippen molar-refractivity contribution in [2.75, 3.05) is 20.6 Å². The van der Waals surface area contributed by atoms with Crippen molar-refractivity contribution in [1.82, 2.24) is 14.9 Å². The van der Waals surface area contributed by atoms with Crippen LogP contribution in [0.1, 0.15) is 24.1 Å². The monoisotopic (exact) mass is 352 g/mol. The Morgan fingerprint density at radius 1 is 1.32 bits per heavy atom. The fraction of sp³-hybridized carbons (Fsp3) is 0.353. The summed E-state index contributed by atoms with van der Waals surface area (Å²) in [6.07, 6.45) is 3.56. The Kier molecular flexibility index (Phi) is 5.73. The highest BCUT2D eigenvalue weighted by molar-refractivity contribution is 5.54. The van der Waals surface area contributed by atoms with E-state index in [-0.39, 0.29) is 17.8 Å². The van der Waals surface area contributed by atoms with Crippen LogP contribution in [0.5, 0.6) is 0 Å². The summed E-state index contributed by atoms with van der Waals surface area (Å²) in [6.45, 7) is 1.41. The average molecular weight is 352 g/mol. The van der Waals surface area contributed by atoms with Gasteiger partial charge in [0.15, 0.2) is 5.82 Å². The van der Waals surface area contributed by atoms with Gasteiger partial charge in [-0.15, -0.1) is 0 Å². The minimum Gasteiger partial charge on any atom is -0.382 e. The molecule has 0 fully saturated rings. The topological polar surface area (TPSA) is 61.6 Å². The lowest BCUT2D eigenvalue weighted by Gasteiger charge is -2.37. The Bertz CT molecular complexity index is 771. The van der Waals surface area contributed by atoms with Crippen molar-refractivity contribution in [3.63, 3.8) is 0 Å². The number of rotatable bonds is 6. The predicted molar refractivity (Wildman–Crippen MR) is 87.7 cm³/mol. The number of benzene rings is 1. The molecule has 0 aliphatic heterocycles. The molecular formula is C17H19F3N4O. The summed E-state index contributed by atoms with van der Waals surface area (Å²) in [6, 6.07) is 2.87. The second kappa shape index (κ2) is 7.60. The standard InChI is InChI=1S/C17H19F3N4O/c1-11(16-15(20)7-22-9-23-16)17(25,8-24(3)10-21-2)13-5-4-12(18)6-14(13)19/h4-7,9-11,25H,8H2,1-3H3/t11?,17-/m1/s1. The van der Waals surface area contributed by atoms with Gasteiger partial charge in [0, 0.05) is 31.6 Å². The molecule has 2 atom stereocenters. The molecule has 0 bridgehead atoms. The third-order valence-electron chi connectivity index (χ3n) is 4.02. The smallest absolute Gasteiger partial charge is 0.163 e. The van der Waals surface area contributed by atoms with Crippen molar-refractivity contribution >= 4 is 6.34 Å². The maximum absolute atomic E-state index is 14.4. The summed E-state index contributed by atoms with van der Waals surface area (Å²) in [7, 11) is 3.17. The molecule has 1 aromatic carbocycles. The lowest BCUT2D eigenvalue weighted by atomic mass is 9.79. The van der Waals surface area contributed by atoms with Gasteiger partial charge in [0.05, 0.1) is 24.8 Å². The van der Waals surface area contributed by atoms with Gasteiger partial charge in [-0.1, -0.05) is 13.0 Å². The highest BCUT2D eigenvalue weighted by atomic mass is 19.1. The quantitative estimate of drug-likeness (QED) is 0.641. The lowest BCUT2D eigenvalue weighted by molar-refractivity contribution is -0.00715. The summed E-state index contributed by atoms with van der Waals surface area (Å²) in [5.41, 5.74) is -2.11. The highest BCUT2D eigenvalue weighted by Gasteiger charge is 2.41. The van der Waals surface area contributed by atoms with E-state index < -0.39 is 29.0 Å². The molecule has 25 heavy (non-hydrogen) atoms. The van der Waals surface area contributed by atoms with Crippen molar-refractivity contribution < 1.29 is 18.3 Å². The number of likely N-dealkylation sites (N-methyl/N-ethyl adjacent to an activating group) is 1. The molecule has 2 rings (SSSR count). The molecule has 0 spiro atoms. The number of aromatic nitrogens is 2. The van der Waals surface area contributed by atoms with Gasteiger partial charge in [-0.3, -0.25) is 4.99 Å². The van der Waals surface area contributed by atoms with Crippen LogP contribution in [0.25, 0.3) is 0 Å². The molecule has 0 saturated carbocycles. The first-order chi connectivity index (χ1) is 11.8. The number of halogens is 3. The SMILES string of the molecule is CN=CN(C)C[C@](O)(c1ccc(F)cc1F)C(C)c1ncncc1F. The molecule has 0 aliphatic rings. The zero-order valence-electron chi connectivity index (χ0n) is 14.1. The molecule has 0 amide bonds. The molecule has 1 aromatic heterocycles. The first kappa shape index (κ1) is 18.9. The van der Waals surface area contributed by atoms with Crippen molar-refractivity contribution in [1.29, 1.82) is 0 Å². The van der Waals surface area contributed by atoms with Crippen molar-refractivity contribution in [2.45, 2.75) is 18.4 Å².